The summed E-state index contributed by atoms with van der Waals surface area (Å²) in [4.78, 5) is 29.2. The zero-order valence-corrected chi connectivity index (χ0v) is 14.6. The maximum atomic E-state index is 11.8. The molecule has 0 N–H and O–H groups in total. The molecule has 0 aliphatic carbocycles. The lowest BCUT2D eigenvalue weighted by Gasteiger charge is -2.38. The zero-order chi connectivity index (χ0) is 18.3. The molecule has 0 saturated carbocycles. The number of aromatic nitrogens is 4. The van der Waals surface area contributed by atoms with Crippen molar-refractivity contribution in [1.29, 1.82) is 0 Å². The van der Waals surface area contributed by atoms with Gasteiger partial charge in [-0.05, 0) is 19.1 Å². The fourth-order valence-electron chi connectivity index (χ4n) is 3.03. The lowest BCUT2D eigenvalue weighted by molar-refractivity contribution is -0.134. The molecule has 26 heavy (non-hydrogen) atoms. The molecular weight excluding hydrogens is 334 g/mol. The van der Waals surface area contributed by atoms with Gasteiger partial charge in [0.1, 0.15) is 5.65 Å². The van der Waals surface area contributed by atoms with Gasteiger partial charge in [-0.3, -0.25) is 9.48 Å². The molecule has 4 heterocycles. The molecule has 1 fully saturated rings. The number of nitrogens with zero attached hydrogens (tertiary/aromatic N) is 5. The molecule has 4 rings (SSSR count). The number of likely N-dealkylation sites (tertiary alicyclic amines) is 1. The minimum Gasteiger partial charge on any atom is -0.461 e. The summed E-state index contributed by atoms with van der Waals surface area (Å²) in [6.07, 6.45) is 7.36. The first-order valence-corrected chi connectivity index (χ1v) is 8.51. The highest BCUT2D eigenvalue weighted by atomic mass is 16.5. The molecule has 134 valence electrons. The van der Waals surface area contributed by atoms with E-state index in [0.717, 1.165) is 11.1 Å². The molecule has 1 aliphatic heterocycles. The average molecular weight is 353 g/mol. The highest BCUT2D eigenvalue weighted by molar-refractivity contribution is 5.88. The van der Waals surface area contributed by atoms with E-state index >= 15 is 0 Å². The third kappa shape index (κ3) is 2.83. The molecule has 8 heteroatoms. The van der Waals surface area contributed by atoms with Crippen LogP contribution in [0.25, 0.3) is 16.8 Å². The lowest BCUT2D eigenvalue weighted by Crippen LogP contribution is -2.49. The highest BCUT2D eigenvalue weighted by Crippen LogP contribution is 2.25. The van der Waals surface area contributed by atoms with Crippen molar-refractivity contribution in [2.75, 3.05) is 19.7 Å². The number of hydrogen-bond donors (Lipinski definition) is 0. The summed E-state index contributed by atoms with van der Waals surface area (Å²) in [6, 6.07) is 4.03. The highest BCUT2D eigenvalue weighted by Gasteiger charge is 2.30. The summed E-state index contributed by atoms with van der Waals surface area (Å²) < 4.78 is 8.70. The van der Waals surface area contributed by atoms with Crippen LogP contribution in [0, 0.1) is 0 Å². The van der Waals surface area contributed by atoms with Gasteiger partial charge in [-0.1, -0.05) is 0 Å². The monoisotopic (exact) mass is 353 g/mol. The number of hydrogen-bond acceptors (Lipinski definition) is 5. The van der Waals surface area contributed by atoms with Crippen molar-refractivity contribution in [3.8, 4) is 11.1 Å². The second kappa shape index (κ2) is 6.29. The largest absolute Gasteiger partial charge is 0.461 e. The summed E-state index contributed by atoms with van der Waals surface area (Å²) >= 11 is 0. The summed E-state index contributed by atoms with van der Waals surface area (Å²) in [5, 5.41) is 4.43. The molecule has 8 nitrogen and oxygen atoms in total. The van der Waals surface area contributed by atoms with Crippen molar-refractivity contribution in [2.24, 2.45) is 0 Å². The maximum absolute atomic E-state index is 11.8. The summed E-state index contributed by atoms with van der Waals surface area (Å²) in [7, 11) is 0. The SMILES string of the molecule is CCOC(=O)c1cn2cc(-c3cnn(C4CN(C(C)=O)C4)c3)ccc2n1. The Balaban J connectivity index is 1.55. The van der Waals surface area contributed by atoms with Crippen molar-refractivity contribution in [3.63, 3.8) is 0 Å². The Morgan fingerprint density at radius 2 is 2.00 bits per heavy atom. The first kappa shape index (κ1) is 16.3. The molecule has 0 spiro atoms. The van der Waals surface area contributed by atoms with Crippen molar-refractivity contribution in [3.05, 3.63) is 42.6 Å². The van der Waals surface area contributed by atoms with Crippen LogP contribution in [0.5, 0.6) is 0 Å². The van der Waals surface area contributed by atoms with E-state index in [1.807, 2.05) is 29.2 Å². The van der Waals surface area contributed by atoms with Gasteiger partial charge >= 0.3 is 5.97 Å². The van der Waals surface area contributed by atoms with Crippen LogP contribution in [0.15, 0.2) is 36.9 Å². The van der Waals surface area contributed by atoms with Crippen LogP contribution < -0.4 is 0 Å². The van der Waals surface area contributed by atoms with Gasteiger partial charge in [0.05, 0.1) is 18.8 Å². The summed E-state index contributed by atoms with van der Waals surface area (Å²) in [6.45, 7) is 5.05. The fraction of sp³-hybridized carbons (Fsp3) is 0.333. The van der Waals surface area contributed by atoms with E-state index in [1.165, 1.54) is 0 Å². The van der Waals surface area contributed by atoms with Gasteiger partial charge in [-0.2, -0.15) is 5.10 Å². The number of carbonyl (C=O) groups excluding carboxylic acids is 2. The first-order chi connectivity index (χ1) is 12.5. The smallest absolute Gasteiger partial charge is 0.358 e. The molecule has 0 radical (unpaired) electrons. The van der Waals surface area contributed by atoms with Crippen LogP contribution >= 0.6 is 0 Å². The van der Waals surface area contributed by atoms with Crippen molar-refractivity contribution < 1.29 is 14.3 Å². The Morgan fingerprint density at radius 3 is 2.73 bits per heavy atom. The van der Waals surface area contributed by atoms with Crippen LogP contribution in [0.4, 0.5) is 0 Å². The number of ether oxygens (including phenoxy) is 1. The predicted octanol–water partition coefficient (Wildman–Crippen LogP) is 1.78. The van der Waals surface area contributed by atoms with Crippen molar-refractivity contribution in [1.82, 2.24) is 24.1 Å². The van der Waals surface area contributed by atoms with E-state index < -0.39 is 5.97 Å². The lowest BCUT2D eigenvalue weighted by atomic mass is 10.1. The standard InChI is InChI=1S/C18H19N5O3/c1-3-26-18(25)16-11-22-7-13(4-5-17(22)20-16)14-6-19-23(8-14)15-9-21(10-15)12(2)24/h4-8,11,15H,3,9-10H2,1-2H3. The van der Waals surface area contributed by atoms with E-state index in [2.05, 4.69) is 10.1 Å². The van der Waals surface area contributed by atoms with E-state index in [9.17, 15) is 9.59 Å². The molecule has 0 bridgehead atoms. The molecule has 1 saturated heterocycles. The van der Waals surface area contributed by atoms with Gasteiger partial charge in [0, 0.05) is 49.7 Å². The molecule has 3 aromatic heterocycles. The number of esters is 1. The minimum atomic E-state index is -0.425. The average Bonchev–Trinajstić information content (AvgIpc) is 3.19. The van der Waals surface area contributed by atoms with Crippen LogP contribution in [0.2, 0.25) is 0 Å². The van der Waals surface area contributed by atoms with Gasteiger partial charge in [0.25, 0.3) is 0 Å². The van der Waals surface area contributed by atoms with Gasteiger partial charge in [-0.25, -0.2) is 9.78 Å². The number of pyridine rings is 1. The van der Waals surface area contributed by atoms with E-state index in [0.29, 0.717) is 31.0 Å². The summed E-state index contributed by atoms with van der Waals surface area (Å²) in [5.74, 6) is -0.331. The van der Waals surface area contributed by atoms with Gasteiger partial charge < -0.3 is 14.0 Å². The topological polar surface area (TPSA) is 81.7 Å². The predicted molar refractivity (Wildman–Crippen MR) is 93.7 cm³/mol. The number of imidazole rings is 1. The molecule has 1 amide bonds. The van der Waals surface area contributed by atoms with Crippen molar-refractivity contribution in [2.45, 2.75) is 19.9 Å². The quantitative estimate of drug-likeness (QED) is 0.668. The third-order valence-corrected chi connectivity index (χ3v) is 4.55. The molecule has 3 aromatic rings. The summed E-state index contributed by atoms with van der Waals surface area (Å²) in [5.41, 5.74) is 2.91. The van der Waals surface area contributed by atoms with E-state index in [1.54, 1.807) is 35.5 Å². The number of fused-ring (bicyclic) bond motifs is 1. The zero-order valence-electron chi connectivity index (χ0n) is 14.6. The van der Waals surface area contributed by atoms with Crippen LogP contribution in [0.3, 0.4) is 0 Å². The van der Waals surface area contributed by atoms with Gasteiger partial charge in [-0.15, -0.1) is 0 Å². The van der Waals surface area contributed by atoms with Crippen LogP contribution in [-0.2, 0) is 9.53 Å². The molecule has 0 unspecified atom stereocenters. The van der Waals surface area contributed by atoms with E-state index in [-0.39, 0.29) is 11.9 Å². The van der Waals surface area contributed by atoms with Gasteiger partial charge in [0.2, 0.25) is 5.91 Å². The Labute approximate surface area is 150 Å². The van der Waals surface area contributed by atoms with E-state index in [4.69, 9.17) is 4.74 Å². The maximum Gasteiger partial charge on any atom is 0.358 e. The Bertz CT molecular complexity index is 984. The number of amides is 1. The Hall–Kier alpha value is -3.16. The normalized spacial score (nSPS) is 14.5. The number of carbonyl (C=O) groups is 2. The van der Waals surface area contributed by atoms with Crippen LogP contribution in [0.1, 0.15) is 30.4 Å². The fourth-order valence-corrected chi connectivity index (χ4v) is 3.03. The molecular formula is C18H19N5O3. The third-order valence-electron chi connectivity index (χ3n) is 4.55. The number of rotatable bonds is 4. The molecule has 0 aromatic carbocycles. The molecule has 1 aliphatic rings. The van der Waals surface area contributed by atoms with Gasteiger partial charge in [0.15, 0.2) is 5.69 Å². The first-order valence-electron chi connectivity index (χ1n) is 8.51. The molecule has 0 atom stereocenters. The van der Waals surface area contributed by atoms with Crippen LogP contribution in [-0.4, -0.2) is 55.6 Å². The Kier molecular flexibility index (Phi) is 3.95. The minimum absolute atomic E-state index is 0.0941. The van der Waals surface area contributed by atoms with Crippen molar-refractivity contribution >= 4 is 17.5 Å². The second-order valence-corrected chi connectivity index (χ2v) is 6.32. The second-order valence-electron chi connectivity index (χ2n) is 6.32. The Morgan fingerprint density at radius 1 is 1.19 bits per heavy atom.